The van der Waals surface area contributed by atoms with Gasteiger partial charge in [-0.15, -0.1) is 0 Å². The lowest BCUT2D eigenvalue weighted by atomic mass is 9.93. The van der Waals surface area contributed by atoms with Gasteiger partial charge in [0.05, 0.1) is 0 Å². The van der Waals surface area contributed by atoms with Crippen molar-refractivity contribution >= 4 is 21.9 Å². The second-order valence-electron chi connectivity index (χ2n) is 4.80. The summed E-state index contributed by atoms with van der Waals surface area (Å²) in [5.41, 5.74) is 1.29. The molecule has 3 nitrogen and oxygen atoms in total. The van der Waals surface area contributed by atoms with E-state index in [4.69, 9.17) is 0 Å². The van der Waals surface area contributed by atoms with Crippen molar-refractivity contribution in [1.82, 2.24) is 10.2 Å². The summed E-state index contributed by atoms with van der Waals surface area (Å²) >= 11 is 3.45. The Morgan fingerprint density at radius 3 is 2.56 bits per heavy atom. The topological polar surface area (TPSA) is 27.6 Å². The van der Waals surface area contributed by atoms with E-state index in [0.29, 0.717) is 6.04 Å². The van der Waals surface area contributed by atoms with Crippen LogP contribution in [-0.2, 0) is 6.54 Å². The van der Waals surface area contributed by atoms with E-state index in [1.54, 1.807) is 0 Å². The largest absolute Gasteiger partial charge is 0.354 e. The van der Waals surface area contributed by atoms with Crippen LogP contribution in [0.4, 0.5) is 0 Å². The number of halogens is 1. The number of nitrogens with one attached hydrogen (secondary N) is 1. The Labute approximate surface area is 117 Å². The van der Waals surface area contributed by atoms with Gasteiger partial charge in [0.1, 0.15) is 0 Å². The Balaban J connectivity index is 1.92. The highest BCUT2D eigenvalue weighted by molar-refractivity contribution is 9.10. The summed E-state index contributed by atoms with van der Waals surface area (Å²) in [5.74, 6) is 0.989. The summed E-state index contributed by atoms with van der Waals surface area (Å²) in [7, 11) is 3.93. The highest BCUT2D eigenvalue weighted by Gasteiger charge is 2.19. The van der Waals surface area contributed by atoms with Crippen LogP contribution >= 0.6 is 15.9 Å². The van der Waals surface area contributed by atoms with E-state index < -0.39 is 0 Å². The Bertz CT molecular complexity index is 410. The highest BCUT2D eigenvalue weighted by Crippen LogP contribution is 2.18. The number of hydrogen-bond acceptors (Lipinski definition) is 1. The standard InChI is InChI=1S/C14H20BrN3/c1-16-14(17-13-4-3-5-13)18(2)10-11-6-8-12(15)9-7-11/h6-9,13H,3-5,10H2,1-2H3,(H,16,17). The maximum atomic E-state index is 4.35. The summed E-state index contributed by atoms with van der Waals surface area (Å²) < 4.78 is 1.12. The van der Waals surface area contributed by atoms with Gasteiger partial charge < -0.3 is 10.2 Å². The molecule has 0 atom stereocenters. The molecule has 1 aromatic carbocycles. The van der Waals surface area contributed by atoms with Gasteiger partial charge in [-0.25, -0.2) is 0 Å². The van der Waals surface area contributed by atoms with Gasteiger partial charge in [-0.05, 0) is 37.0 Å². The number of hydrogen-bond donors (Lipinski definition) is 1. The number of benzene rings is 1. The third kappa shape index (κ3) is 3.48. The molecule has 1 aromatic rings. The number of rotatable bonds is 3. The molecule has 0 radical (unpaired) electrons. The Hall–Kier alpha value is -1.03. The first kappa shape index (κ1) is 13.4. The van der Waals surface area contributed by atoms with E-state index in [1.807, 2.05) is 7.05 Å². The molecule has 1 N–H and O–H groups in total. The second-order valence-corrected chi connectivity index (χ2v) is 5.72. The molecule has 0 amide bonds. The molecule has 2 rings (SSSR count). The van der Waals surface area contributed by atoms with Crippen molar-refractivity contribution in [1.29, 1.82) is 0 Å². The third-order valence-electron chi connectivity index (χ3n) is 3.34. The highest BCUT2D eigenvalue weighted by atomic mass is 79.9. The smallest absolute Gasteiger partial charge is 0.193 e. The monoisotopic (exact) mass is 309 g/mol. The summed E-state index contributed by atoms with van der Waals surface area (Å²) in [6, 6.07) is 9.04. The molecule has 0 bridgehead atoms. The third-order valence-corrected chi connectivity index (χ3v) is 3.87. The molecule has 1 aliphatic carbocycles. The van der Waals surface area contributed by atoms with E-state index in [9.17, 15) is 0 Å². The normalized spacial score (nSPS) is 16.3. The average molecular weight is 310 g/mol. The fraction of sp³-hybridized carbons (Fsp3) is 0.500. The maximum Gasteiger partial charge on any atom is 0.193 e. The van der Waals surface area contributed by atoms with Gasteiger partial charge in [0.25, 0.3) is 0 Å². The van der Waals surface area contributed by atoms with Crippen molar-refractivity contribution in [3.05, 3.63) is 34.3 Å². The molecule has 1 aliphatic rings. The Morgan fingerprint density at radius 2 is 2.06 bits per heavy atom. The van der Waals surface area contributed by atoms with Crippen LogP contribution in [0.1, 0.15) is 24.8 Å². The molecular formula is C14H20BrN3. The first-order valence-electron chi connectivity index (χ1n) is 6.38. The zero-order valence-corrected chi connectivity index (χ0v) is 12.6. The van der Waals surface area contributed by atoms with Crippen LogP contribution in [0.3, 0.4) is 0 Å². The maximum absolute atomic E-state index is 4.35. The minimum atomic E-state index is 0.621. The van der Waals surface area contributed by atoms with Gasteiger partial charge >= 0.3 is 0 Å². The van der Waals surface area contributed by atoms with Crippen LogP contribution in [0.25, 0.3) is 0 Å². The zero-order valence-electron chi connectivity index (χ0n) is 11.0. The van der Waals surface area contributed by atoms with Crippen LogP contribution in [0, 0.1) is 0 Å². The minimum Gasteiger partial charge on any atom is -0.354 e. The van der Waals surface area contributed by atoms with Gasteiger partial charge in [-0.2, -0.15) is 0 Å². The van der Waals surface area contributed by atoms with Crippen LogP contribution in [-0.4, -0.2) is 31.0 Å². The van der Waals surface area contributed by atoms with E-state index in [0.717, 1.165) is 17.0 Å². The predicted molar refractivity (Wildman–Crippen MR) is 79.7 cm³/mol. The van der Waals surface area contributed by atoms with Crippen LogP contribution in [0.15, 0.2) is 33.7 Å². The minimum absolute atomic E-state index is 0.621. The first-order chi connectivity index (χ1) is 8.69. The Morgan fingerprint density at radius 1 is 1.39 bits per heavy atom. The lowest BCUT2D eigenvalue weighted by molar-refractivity contribution is 0.359. The summed E-state index contributed by atoms with van der Waals surface area (Å²) in [6.45, 7) is 0.875. The predicted octanol–water partition coefficient (Wildman–Crippen LogP) is 3.01. The summed E-state index contributed by atoms with van der Waals surface area (Å²) in [5, 5.41) is 3.50. The molecule has 1 saturated carbocycles. The molecule has 0 spiro atoms. The van der Waals surface area contributed by atoms with Crippen LogP contribution in [0.5, 0.6) is 0 Å². The molecular weight excluding hydrogens is 290 g/mol. The molecule has 98 valence electrons. The van der Waals surface area contributed by atoms with Gasteiger partial charge in [0.15, 0.2) is 5.96 Å². The van der Waals surface area contributed by atoms with Gasteiger partial charge in [0.2, 0.25) is 0 Å². The molecule has 1 fully saturated rings. The lowest BCUT2D eigenvalue weighted by Crippen LogP contribution is -2.46. The van der Waals surface area contributed by atoms with Gasteiger partial charge in [-0.1, -0.05) is 28.1 Å². The molecule has 4 heteroatoms. The molecule has 0 aromatic heterocycles. The van der Waals surface area contributed by atoms with Crippen molar-refractivity contribution < 1.29 is 0 Å². The van der Waals surface area contributed by atoms with E-state index >= 15 is 0 Å². The fourth-order valence-corrected chi connectivity index (χ4v) is 2.28. The molecule has 0 saturated heterocycles. The average Bonchev–Trinajstić information content (AvgIpc) is 2.31. The van der Waals surface area contributed by atoms with Crippen molar-refractivity contribution in [2.24, 2.45) is 4.99 Å². The second kappa shape index (κ2) is 6.23. The van der Waals surface area contributed by atoms with E-state index in [2.05, 4.69) is 62.5 Å². The van der Waals surface area contributed by atoms with Crippen molar-refractivity contribution in [2.75, 3.05) is 14.1 Å². The van der Waals surface area contributed by atoms with Crippen molar-refractivity contribution in [3.63, 3.8) is 0 Å². The van der Waals surface area contributed by atoms with Gasteiger partial charge in [0, 0.05) is 31.2 Å². The lowest BCUT2D eigenvalue weighted by Gasteiger charge is -2.31. The number of aliphatic imine (C=N–C) groups is 1. The quantitative estimate of drug-likeness (QED) is 0.686. The SMILES string of the molecule is CN=C(NC1CCC1)N(C)Cc1ccc(Br)cc1. The summed E-state index contributed by atoms with van der Waals surface area (Å²) in [6.07, 6.45) is 3.88. The fourth-order valence-electron chi connectivity index (χ4n) is 2.02. The number of guanidine groups is 1. The van der Waals surface area contributed by atoms with Gasteiger partial charge in [-0.3, -0.25) is 4.99 Å². The Kier molecular flexibility index (Phi) is 4.64. The molecule has 0 unspecified atom stereocenters. The zero-order chi connectivity index (χ0) is 13.0. The summed E-state index contributed by atoms with van der Waals surface area (Å²) in [4.78, 5) is 6.51. The molecule has 0 heterocycles. The van der Waals surface area contributed by atoms with Crippen LogP contribution in [0.2, 0.25) is 0 Å². The van der Waals surface area contributed by atoms with Crippen LogP contribution < -0.4 is 5.32 Å². The molecule has 0 aliphatic heterocycles. The van der Waals surface area contributed by atoms with E-state index in [-0.39, 0.29) is 0 Å². The first-order valence-corrected chi connectivity index (χ1v) is 7.17. The number of nitrogens with zero attached hydrogens (tertiary/aromatic N) is 2. The molecule has 18 heavy (non-hydrogen) atoms. The van der Waals surface area contributed by atoms with Crippen molar-refractivity contribution in [2.45, 2.75) is 31.8 Å². The van der Waals surface area contributed by atoms with E-state index in [1.165, 1.54) is 24.8 Å². The van der Waals surface area contributed by atoms with Crippen molar-refractivity contribution in [3.8, 4) is 0 Å².